The molecule has 0 fully saturated rings. The van der Waals surface area contributed by atoms with E-state index in [1.54, 1.807) is 30.3 Å². The lowest BCUT2D eigenvalue weighted by molar-refractivity contribution is -0.149. The number of hydrogen-bond donors (Lipinski definition) is 2. The van der Waals surface area contributed by atoms with Gasteiger partial charge in [0.15, 0.2) is 6.61 Å². The van der Waals surface area contributed by atoms with Gasteiger partial charge in [-0.15, -0.1) is 0 Å². The highest BCUT2D eigenvalue weighted by Crippen LogP contribution is 2.08. The Morgan fingerprint density at radius 2 is 1.70 bits per heavy atom. The zero-order chi connectivity index (χ0) is 19.6. The number of amides is 2. The van der Waals surface area contributed by atoms with Gasteiger partial charge in [0.25, 0.3) is 5.91 Å². The Balaban J connectivity index is 2.00. The average molecular weight is 374 g/mol. The smallest absolute Gasteiger partial charge is 0.408 e. The molecule has 0 aliphatic heterocycles. The summed E-state index contributed by atoms with van der Waals surface area (Å²) in [5, 5.41) is 2.37. The number of alkyl carbamates (subject to hydrolysis) is 1. The monoisotopic (exact) mass is 374 g/mol. The van der Waals surface area contributed by atoms with E-state index in [-0.39, 0.29) is 13.0 Å². The second-order valence-electron chi connectivity index (χ2n) is 5.67. The van der Waals surface area contributed by atoms with Crippen LogP contribution in [0.2, 0.25) is 0 Å². The lowest BCUT2D eigenvalue weighted by atomic mass is 10.1. The number of esters is 1. The topological polar surface area (TPSA) is 108 Å². The molecule has 0 aromatic heterocycles. The zero-order valence-electron chi connectivity index (χ0n) is 14.4. The van der Waals surface area contributed by atoms with E-state index in [2.05, 4.69) is 5.32 Å². The fraction of sp³-hybridized carbons (Fsp3) is 0.211. The molecule has 8 heteroatoms. The van der Waals surface area contributed by atoms with Gasteiger partial charge in [0.05, 0.1) is 0 Å². The highest BCUT2D eigenvalue weighted by Gasteiger charge is 2.24. The van der Waals surface area contributed by atoms with E-state index in [0.717, 1.165) is 5.56 Å². The van der Waals surface area contributed by atoms with Gasteiger partial charge in [-0.1, -0.05) is 42.5 Å². The van der Waals surface area contributed by atoms with E-state index < -0.39 is 36.4 Å². The normalized spacial score (nSPS) is 11.3. The maximum Gasteiger partial charge on any atom is 0.408 e. The predicted molar refractivity (Wildman–Crippen MR) is 93.8 cm³/mol. The highest BCUT2D eigenvalue weighted by molar-refractivity contribution is 5.84. The van der Waals surface area contributed by atoms with E-state index >= 15 is 0 Å². The van der Waals surface area contributed by atoms with E-state index in [9.17, 15) is 18.8 Å². The molecule has 0 saturated carbocycles. The number of nitrogens with one attached hydrogen (secondary N) is 1. The van der Waals surface area contributed by atoms with E-state index in [4.69, 9.17) is 15.2 Å². The minimum atomic E-state index is -1.17. The van der Waals surface area contributed by atoms with Crippen molar-refractivity contribution in [2.45, 2.75) is 19.1 Å². The van der Waals surface area contributed by atoms with Gasteiger partial charge in [-0.05, 0) is 23.3 Å². The van der Waals surface area contributed by atoms with Gasteiger partial charge in [0.1, 0.15) is 18.5 Å². The molecule has 2 amide bonds. The van der Waals surface area contributed by atoms with Crippen molar-refractivity contribution in [3.05, 3.63) is 71.5 Å². The lowest BCUT2D eigenvalue weighted by Crippen LogP contribution is -2.44. The number of benzene rings is 2. The lowest BCUT2D eigenvalue weighted by Gasteiger charge is -2.17. The summed E-state index contributed by atoms with van der Waals surface area (Å²) in [7, 11) is 0. The van der Waals surface area contributed by atoms with Crippen LogP contribution < -0.4 is 11.1 Å². The van der Waals surface area contributed by atoms with Crippen LogP contribution in [-0.2, 0) is 32.1 Å². The molecule has 27 heavy (non-hydrogen) atoms. The summed E-state index contributed by atoms with van der Waals surface area (Å²) < 4.78 is 23.2. The van der Waals surface area contributed by atoms with Gasteiger partial charge in [-0.3, -0.25) is 4.79 Å². The summed E-state index contributed by atoms with van der Waals surface area (Å²) in [5.41, 5.74) is 6.18. The number of primary amides is 1. The second kappa shape index (κ2) is 9.91. The van der Waals surface area contributed by atoms with Crippen LogP contribution in [0.4, 0.5) is 9.18 Å². The number of nitrogens with two attached hydrogens (primary N) is 1. The molecule has 142 valence electrons. The van der Waals surface area contributed by atoms with Crippen LogP contribution in [-0.4, -0.2) is 30.6 Å². The maximum atomic E-state index is 13.4. The maximum absolute atomic E-state index is 13.4. The van der Waals surface area contributed by atoms with Gasteiger partial charge >= 0.3 is 12.1 Å². The number of carbonyl (C=O) groups is 3. The molecule has 7 nitrogen and oxygen atoms in total. The van der Waals surface area contributed by atoms with Crippen LogP contribution in [0.1, 0.15) is 11.1 Å². The summed E-state index contributed by atoms with van der Waals surface area (Å²) in [6.45, 7) is -0.616. The summed E-state index contributed by atoms with van der Waals surface area (Å²) >= 11 is 0. The first-order valence-electron chi connectivity index (χ1n) is 8.10. The molecule has 0 bridgehead atoms. The fourth-order valence-electron chi connectivity index (χ4n) is 2.24. The van der Waals surface area contributed by atoms with Crippen LogP contribution in [0.5, 0.6) is 0 Å². The molecule has 0 saturated heterocycles. The summed E-state index contributed by atoms with van der Waals surface area (Å²) in [6, 6.07) is 13.4. The van der Waals surface area contributed by atoms with Gasteiger partial charge in [-0.25, -0.2) is 14.0 Å². The standard InChI is InChI=1S/C19H19FN2O5/c20-15-8-4-7-14(9-15)10-16(18(24)26-12-17(21)23)22-19(25)27-11-13-5-2-1-3-6-13/h1-9,16H,10-12H2,(H2,21,23)(H,22,25)/t16-/m0/s1. The Bertz CT molecular complexity index is 798. The summed E-state index contributed by atoms with van der Waals surface area (Å²) in [4.78, 5) is 35.0. The molecule has 0 aliphatic carbocycles. The Morgan fingerprint density at radius 1 is 1.00 bits per heavy atom. The molecular weight excluding hydrogens is 355 g/mol. The minimum Gasteiger partial charge on any atom is -0.454 e. The third-order valence-corrected chi connectivity index (χ3v) is 3.47. The molecule has 0 spiro atoms. The molecule has 2 rings (SSSR count). The molecular formula is C19H19FN2O5. The van der Waals surface area contributed by atoms with Crippen molar-refractivity contribution < 1.29 is 28.2 Å². The average Bonchev–Trinajstić information content (AvgIpc) is 2.65. The number of carbonyl (C=O) groups excluding carboxylic acids is 3. The first-order chi connectivity index (χ1) is 12.9. The Morgan fingerprint density at radius 3 is 2.37 bits per heavy atom. The molecule has 0 unspecified atom stereocenters. The highest BCUT2D eigenvalue weighted by atomic mass is 19.1. The molecule has 2 aromatic rings. The van der Waals surface area contributed by atoms with E-state index in [1.807, 2.05) is 6.07 Å². The zero-order valence-corrected chi connectivity index (χ0v) is 14.4. The molecule has 0 aliphatic rings. The van der Waals surface area contributed by atoms with Gasteiger partial charge in [-0.2, -0.15) is 0 Å². The van der Waals surface area contributed by atoms with Crippen LogP contribution >= 0.6 is 0 Å². The van der Waals surface area contributed by atoms with Gasteiger partial charge < -0.3 is 20.5 Å². The van der Waals surface area contributed by atoms with Crippen molar-refractivity contribution in [1.29, 1.82) is 0 Å². The van der Waals surface area contributed by atoms with Crippen molar-refractivity contribution >= 4 is 18.0 Å². The molecule has 3 N–H and O–H groups in total. The minimum absolute atomic E-state index is 0.00962. The first-order valence-corrected chi connectivity index (χ1v) is 8.10. The van der Waals surface area contributed by atoms with E-state index in [0.29, 0.717) is 5.56 Å². The summed E-state index contributed by atoms with van der Waals surface area (Å²) in [5.74, 6) is -2.20. The van der Waals surface area contributed by atoms with E-state index in [1.165, 1.54) is 18.2 Å². The molecule has 0 radical (unpaired) electrons. The predicted octanol–water partition coefficient (Wildman–Crippen LogP) is 1.69. The Labute approximate surface area is 155 Å². The van der Waals surface area contributed by atoms with Crippen LogP contribution in [0.25, 0.3) is 0 Å². The number of halogens is 1. The van der Waals surface area contributed by atoms with Crippen LogP contribution in [0.3, 0.4) is 0 Å². The van der Waals surface area contributed by atoms with Crippen molar-refractivity contribution in [2.24, 2.45) is 5.73 Å². The van der Waals surface area contributed by atoms with Crippen molar-refractivity contribution in [2.75, 3.05) is 6.61 Å². The van der Waals surface area contributed by atoms with Gasteiger partial charge in [0.2, 0.25) is 0 Å². The van der Waals surface area contributed by atoms with Crippen LogP contribution in [0.15, 0.2) is 54.6 Å². The SMILES string of the molecule is NC(=O)COC(=O)[C@H](Cc1cccc(F)c1)NC(=O)OCc1ccccc1. The van der Waals surface area contributed by atoms with Crippen molar-refractivity contribution in [3.8, 4) is 0 Å². The quantitative estimate of drug-likeness (QED) is 0.684. The number of hydrogen-bond acceptors (Lipinski definition) is 5. The Hall–Kier alpha value is -3.42. The molecule has 2 aromatic carbocycles. The Kier molecular flexibility index (Phi) is 7.30. The number of ether oxygens (including phenoxy) is 2. The van der Waals surface area contributed by atoms with Crippen LogP contribution in [0, 0.1) is 5.82 Å². The molecule has 0 heterocycles. The van der Waals surface area contributed by atoms with Gasteiger partial charge in [0, 0.05) is 6.42 Å². The molecule has 1 atom stereocenters. The van der Waals surface area contributed by atoms with Crippen molar-refractivity contribution in [1.82, 2.24) is 5.32 Å². The third-order valence-electron chi connectivity index (χ3n) is 3.47. The third kappa shape index (κ3) is 7.15. The van der Waals surface area contributed by atoms with Crippen molar-refractivity contribution in [3.63, 3.8) is 0 Å². The largest absolute Gasteiger partial charge is 0.454 e. The second-order valence-corrected chi connectivity index (χ2v) is 5.67. The summed E-state index contributed by atoms with van der Waals surface area (Å²) in [6.07, 6.45) is -0.897. The number of rotatable bonds is 8. The first kappa shape index (κ1) is 19.9. The fourth-order valence-corrected chi connectivity index (χ4v) is 2.24.